The van der Waals surface area contributed by atoms with Crippen LogP contribution in [-0.4, -0.2) is 6.54 Å². The van der Waals surface area contributed by atoms with Crippen molar-refractivity contribution in [3.8, 4) is 0 Å². The van der Waals surface area contributed by atoms with Crippen LogP contribution >= 0.6 is 0 Å². The van der Waals surface area contributed by atoms with Gasteiger partial charge >= 0.3 is 0 Å². The molecule has 0 heterocycles. The van der Waals surface area contributed by atoms with E-state index >= 15 is 0 Å². The van der Waals surface area contributed by atoms with Gasteiger partial charge in [0.25, 0.3) is 0 Å². The number of nitrogens with two attached hydrogens (primary N) is 1. The lowest BCUT2D eigenvalue weighted by Crippen LogP contribution is -2.00. The van der Waals surface area contributed by atoms with Gasteiger partial charge in [0, 0.05) is 0 Å². The van der Waals surface area contributed by atoms with E-state index in [0.717, 1.165) is 25.0 Å². The molecule has 84 valence electrons. The van der Waals surface area contributed by atoms with Crippen molar-refractivity contribution in [1.29, 1.82) is 0 Å². The topological polar surface area (TPSA) is 26.0 Å². The molecule has 0 aliphatic heterocycles. The van der Waals surface area contributed by atoms with Gasteiger partial charge in [-0.2, -0.15) is 0 Å². The zero-order valence-corrected chi connectivity index (χ0v) is 10.2. The van der Waals surface area contributed by atoms with E-state index in [4.69, 9.17) is 5.73 Å². The molecule has 0 fully saturated rings. The SMILES string of the molecule is C=C(C)c1ccc(CCCN)cc1.CC. The number of hydrogen-bond donors (Lipinski definition) is 1. The lowest BCUT2D eigenvalue weighted by molar-refractivity contribution is 0.832. The first-order valence-electron chi connectivity index (χ1n) is 5.69. The van der Waals surface area contributed by atoms with Gasteiger partial charge in [-0.05, 0) is 37.4 Å². The molecule has 0 bridgehead atoms. The Labute approximate surface area is 94.0 Å². The second-order valence-corrected chi connectivity index (χ2v) is 3.37. The van der Waals surface area contributed by atoms with Crippen LogP contribution in [0.1, 0.15) is 38.3 Å². The molecule has 0 radical (unpaired) electrons. The first-order valence-corrected chi connectivity index (χ1v) is 5.69. The highest BCUT2D eigenvalue weighted by atomic mass is 14.5. The van der Waals surface area contributed by atoms with Crippen LogP contribution < -0.4 is 5.73 Å². The Morgan fingerprint density at radius 3 is 2.13 bits per heavy atom. The van der Waals surface area contributed by atoms with Gasteiger partial charge < -0.3 is 5.73 Å². The molecule has 0 aliphatic rings. The monoisotopic (exact) mass is 205 g/mol. The summed E-state index contributed by atoms with van der Waals surface area (Å²) in [7, 11) is 0. The third-order valence-electron chi connectivity index (χ3n) is 2.12. The molecule has 0 saturated carbocycles. The van der Waals surface area contributed by atoms with Gasteiger partial charge in [-0.1, -0.05) is 50.3 Å². The summed E-state index contributed by atoms with van der Waals surface area (Å²) >= 11 is 0. The van der Waals surface area contributed by atoms with E-state index < -0.39 is 0 Å². The van der Waals surface area contributed by atoms with Crippen molar-refractivity contribution >= 4 is 5.57 Å². The van der Waals surface area contributed by atoms with Crippen LogP contribution in [0.2, 0.25) is 0 Å². The van der Waals surface area contributed by atoms with Crippen molar-refractivity contribution in [1.82, 2.24) is 0 Å². The third kappa shape index (κ3) is 5.38. The average Bonchev–Trinajstić information content (AvgIpc) is 2.29. The maximum Gasteiger partial charge on any atom is -0.00741 e. The Kier molecular flexibility index (Phi) is 7.65. The quantitative estimate of drug-likeness (QED) is 0.798. The van der Waals surface area contributed by atoms with Gasteiger partial charge in [0.1, 0.15) is 0 Å². The number of hydrogen-bond acceptors (Lipinski definition) is 1. The summed E-state index contributed by atoms with van der Waals surface area (Å²) in [6.07, 6.45) is 2.14. The first-order chi connectivity index (χ1) is 7.24. The predicted octanol–water partition coefficient (Wildman–Crippen LogP) is 3.64. The first kappa shape index (κ1) is 13.9. The highest BCUT2D eigenvalue weighted by molar-refractivity contribution is 5.61. The van der Waals surface area contributed by atoms with Gasteiger partial charge in [-0.3, -0.25) is 0 Å². The summed E-state index contributed by atoms with van der Waals surface area (Å²) in [4.78, 5) is 0. The molecule has 0 spiro atoms. The highest BCUT2D eigenvalue weighted by Gasteiger charge is 1.94. The smallest absolute Gasteiger partial charge is 0.00741 e. The lowest BCUT2D eigenvalue weighted by atomic mass is 10.0. The van der Waals surface area contributed by atoms with Crippen molar-refractivity contribution in [2.24, 2.45) is 5.73 Å². The van der Waals surface area contributed by atoms with Crippen LogP contribution in [0.5, 0.6) is 0 Å². The standard InChI is InChI=1S/C12H17N.C2H6/c1-10(2)12-7-5-11(6-8-12)4-3-9-13;1-2/h5-8H,1,3-4,9,13H2,2H3;1-2H3. The molecule has 1 rings (SSSR count). The van der Waals surface area contributed by atoms with Crippen LogP contribution in [0, 0.1) is 0 Å². The molecule has 0 amide bonds. The minimum atomic E-state index is 0.766. The summed E-state index contributed by atoms with van der Waals surface area (Å²) in [5.74, 6) is 0. The molecule has 0 saturated heterocycles. The molecule has 0 aliphatic carbocycles. The molecule has 0 atom stereocenters. The van der Waals surface area contributed by atoms with E-state index in [1.165, 1.54) is 11.1 Å². The summed E-state index contributed by atoms with van der Waals surface area (Å²) < 4.78 is 0. The highest BCUT2D eigenvalue weighted by Crippen LogP contribution is 2.12. The number of allylic oxidation sites excluding steroid dienone is 1. The van der Waals surface area contributed by atoms with Crippen molar-refractivity contribution in [3.05, 3.63) is 42.0 Å². The number of rotatable bonds is 4. The predicted molar refractivity (Wildman–Crippen MR) is 69.9 cm³/mol. The van der Waals surface area contributed by atoms with Crippen LogP contribution in [0.3, 0.4) is 0 Å². The summed E-state index contributed by atoms with van der Waals surface area (Å²) in [5, 5.41) is 0. The van der Waals surface area contributed by atoms with Gasteiger partial charge in [-0.15, -0.1) is 0 Å². The average molecular weight is 205 g/mol. The van der Waals surface area contributed by atoms with Crippen molar-refractivity contribution < 1.29 is 0 Å². The maximum absolute atomic E-state index is 5.44. The van der Waals surface area contributed by atoms with E-state index in [1.807, 2.05) is 20.8 Å². The summed E-state index contributed by atoms with van der Waals surface area (Å²) in [6.45, 7) is 10.7. The van der Waals surface area contributed by atoms with E-state index in [1.54, 1.807) is 0 Å². The van der Waals surface area contributed by atoms with Crippen LogP contribution in [0.15, 0.2) is 30.8 Å². The van der Waals surface area contributed by atoms with Gasteiger partial charge in [0.2, 0.25) is 0 Å². The van der Waals surface area contributed by atoms with Crippen LogP contribution in [0.25, 0.3) is 5.57 Å². The fourth-order valence-electron chi connectivity index (χ4n) is 1.26. The van der Waals surface area contributed by atoms with Crippen molar-refractivity contribution in [2.45, 2.75) is 33.6 Å². The fraction of sp³-hybridized carbons (Fsp3) is 0.429. The zero-order chi connectivity index (χ0) is 11.7. The molecule has 0 aromatic heterocycles. The van der Waals surface area contributed by atoms with E-state index in [9.17, 15) is 0 Å². The van der Waals surface area contributed by atoms with E-state index in [0.29, 0.717) is 0 Å². The number of aryl methyl sites for hydroxylation is 1. The summed E-state index contributed by atoms with van der Waals surface area (Å²) in [6, 6.07) is 8.54. The normalized spacial score (nSPS) is 9.07. The Hall–Kier alpha value is -1.08. The molecule has 2 N–H and O–H groups in total. The molecule has 1 aromatic carbocycles. The Morgan fingerprint density at radius 1 is 1.20 bits per heavy atom. The zero-order valence-electron chi connectivity index (χ0n) is 10.2. The molecule has 0 unspecified atom stereocenters. The van der Waals surface area contributed by atoms with E-state index in [2.05, 4.69) is 30.8 Å². The van der Waals surface area contributed by atoms with Crippen molar-refractivity contribution in [3.63, 3.8) is 0 Å². The molecular weight excluding hydrogens is 182 g/mol. The van der Waals surface area contributed by atoms with Gasteiger partial charge in [0.05, 0.1) is 0 Å². The minimum Gasteiger partial charge on any atom is -0.330 e. The van der Waals surface area contributed by atoms with Crippen molar-refractivity contribution in [2.75, 3.05) is 6.54 Å². The second-order valence-electron chi connectivity index (χ2n) is 3.37. The molecule has 1 aromatic rings. The fourth-order valence-corrected chi connectivity index (χ4v) is 1.26. The minimum absolute atomic E-state index is 0.766. The maximum atomic E-state index is 5.44. The van der Waals surface area contributed by atoms with Crippen LogP contribution in [0.4, 0.5) is 0 Å². The molecule has 1 heteroatoms. The molecular formula is C14H23N. The lowest BCUT2D eigenvalue weighted by Gasteiger charge is -2.02. The Bertz CT molecular complexity index is 272. The molecule has 15 heavy (non-hydrogen) atoms. The van der Waals surface area contributed by atoms with Gasteiger partial charge in [0.15, 0.2) is 0 Å². The van der Waals surface area contributed by atoms with Gasteiger partial charge in [-0.25, -0.2) is 0 Å². The largest absolute Gasteiger partial charge is 0.330 e. The Morgan fingerprint density at radius 2 is 1.73 bits per heavy atom. The second kappa shape index (κ2) is 8.25. The molecule has 1 nitrogen and oxygen atoms in total. The summed E-state index contributed by atoms with van der Waals surface area (Å²) in [5.41, 5.74) is 9.13. The third-order valence-corrected chi connectivity index (χ3v) is 2.12. The Balaban J connectivity index is 0.000000921. The number of benzene rings is 1. The van der Waals surface area contributed by atoms with E-state index in [-0.39, 0.29) is 0 Å². The van der Waals surface area contributed by atoms with Crippen LogP contribution in [-0.2, 0) is 6.42 Å².